The van der Waals surface area contributed by atoms with Crippen LogP contribution in [0.15, 0.2) is 12.7 Å². The highest BCUT2D eigenvalue weighted by molar-refractivity contribution is 7.85. The topological polar surface area (TPSA) is 80.7 Å². The van der Waals surface area contributed by atoms with E-state index in [1.807, 2.05) is 0 Å². The highest BCUT2D eigenvalue weighted by Crippen LogP contribution is 2.00. The lowest BCUT2D eigenvalue weighted by Gasteiger charge is -2.11. The molecule has 7 heteroatoms. The normalized spacial score (nSPS) is 13.4. The summed E-state index contributed by atoms with van der Waals surface area (Å²) in [5.74, 6) is -1.70. The summed E-state index contributed by atoms with van der Waals surface area (Å²) in [6.07, 6.45) is -0.175. The predicted molar refractivity (Wildman–Crippen MR) is 47.2 cm³/mol. The van der Waals surface area contributed by atoms with E-state index in [9.17, 15) is 13.2 Å². The van der Waals surface area contributed by atoms with E-state index in [1.165, 1.54) is 0 Å². The van der Waals surface area contributed by atoms with Crippen molar-refractivity contribution in [2.75, 3.05) is 11.6 Å². The molecular formula is C6H9ClO5S. The van der Waals surface area contributed by atoms with Gasteiger partial charge in [0.1, 0.15) is 11.9 Å². The zero-order valence-electron chi connectivity index (χ0n) is 6.64. The minimum atomic E-state index is -4.19. The average molecular weight is 229 g/mol. The molecule has 0 amide bonds. The molecule has 0 fully saturated rings. The van der Waals surface area contributed by atoms with Gasteiger partial charge in [-0.05, 0) is 0 Å². The second kappa shape index (κ2) is 5.21. The molecule has 1 unspecified atom stereocenters. The van der Waals surface area contributed by atoms with E-state index in [4.69, 9.17) is 16.2 Å². The Balaban J connectivity index is 4.20. The Bertz CT molecular complexity index is 283. The zero-order chi connectivity index (χ0) is 10.5. The summed E-state index contributed by atoms with van der Waals surface area (Å²) in [5, 5.41) is 0. The summed E-state index contributed by atoms with van der Waals surface area (Å²) in [5.41, 5.74) is 0. The Morgan fingerprint density at radius 2 is 2.23 bits per heavy atom. The molecule has 0 heterocycles. The Kier molecular flexibility index (Phi) is 4.97. The van der Waals surface area contributed by atoms with Crippen LogP contribution in [0.2, 0.25) is 0 Å². The monoisotopic (exact) mass is 228 g/mol. The van der Waals surface area contributed by atoms with E-state index in [2.05, 4.69) is 11.3 Å². The van der Waals surface area contributed by atoms with Crippen LogP contribution in [0.1, 0.15) is 0 Å². The summed E-state index contributed by atoms with van der Waals surface area (Å²) >= 11 is 5.29. The van der Waals surface area contributed by atoms with Gasteiger partial charge in [-0.2, -0.15) is 8.42 Å². The molecule has 76 valence electrons. The minimum Gasteiger partial charge on any atom is -0.457 e. The predicted octanol–water partition coefficient (Wildman–Crippen LogP) is 0.211. The first-order chi connectivity index (χ1) is 5.89. The highest BCUT2D eigenvalue weighted by Gasteiger charge is 2.18. The van der Waals surface area contributed by atoms with Gasteiger partial charge >= 0.3 is 5.97 Å². The molecule has 0 aromatic rings. The number of alkyl halides is 1. The van der Waals surface area contributed by atoms with Gasteiger partial charge in [-0.25, -0.2) is 4.79 Å². The summed E-state index contributed by atoms with van der Waals surface area (Å²) in [4.78, 5) is 10.6. The number of carbonyl (C=O) groups excluding carboxylic acids is 1. The molecule has 0 aromatic heterocycles. The van der Waals surface area contributed by atoms with E-state index in [1.54, 1.807) is 0 Å². The van der Waals surface area contributed by atoms with Crippen LogP contribution in [-0.4, -0.2) is 36.7 Å². The molecule has 0 radical (unpaired) electrons. The van der Waals surface area contributed by atoms with Crippen LogP contribution in [0.25, 0.3) is 0 Å². The molecule has 0 saturated heterocycles. The minimum absolute atomic E-state index is 0.209. The molecule has 0 spiro atoms. The van der Waals surface area contributed by atoms with Crippen molar-refractivity contribution in [1.82, 2.24) is 0 Å². The Hall–Kier alpha value is -0.590. The lowest BCUT2D eigenvalue weighted by molar-refractivity contribution is -0.140. The second-order valence-corrected chi connectivity index (χ2v) is 3.97. The molecule has 5 nitrogen and oxygen atoms in total. The van der Waals surface area contributed by atoms with Gasteiger partial charge in [0, 0.05) is 6.08 Å². The molecule has 0 aliphatic carbocycles. The highest BCUT2D eigenvalue weighted by atomic mass is 35.5. The number of halogens is 1. The zero-order valence-corrected chi connectivity index (χ0v) is 8.21. The Morgan fingerprint density at radius 1 is 1.69 bits per heavy atom. The van der Waals surface area contributed by atoms with E-state index in [0.29, 0.717) is 0 Å². The van der Waals surface area contributed by atoms with Crippen molar-refractivity contribution in [3.05, 3.63) is 12.7 Å². The van der Waals surface area contributed by atoms with Crippen LogP contribution < -0.4 is 0 Å². The molecule has 13 heavy (non-hydrogen) atoms. The standard InChI is InChI=1S/C6H9ClO5S/c1-2-6(8)12-5(3-7)4-13(9,10)11/h2,5H,1,3-4H2,(H,9,10,11). The lowest BCUT2D eigenvalue weighted by atomic mass is 10.4. The number of hydrogen-bond donors (Lipinski definition) is 1. The first-order valence-corrected chi connectivity index (χ1v) is 5.37. The summed E-state index contributed by atoms with van der Waals surface area (Å²) in [7, 11) is -4.19. The summed E-state index contributed by atoms with van der Waals surface area (Å²) in [6, 6.07) is 0. The van der Waals surface area contributed by atoms with Crippen molar-refractivity contribution in [3.63, 3.8) is 0 Å². The van der Waals surface area contributed by atoms with Crippen molar-refractivity contribution >= 4 is 27.7 Å². The quantitative estimate of drug-likeness (QED) is 0.315. The van der Waals surface area contributed by atoms with Gasteiger partial charge < -0.3 is 4.74 Å². The molecule has 0 aliphatic rings. The number of hydrogen-bond acceptors (Lipinski definition) is 4. The molecule has 0 saturated carbocycles. The summed E-state index contributed by atoms with van der Waals surface area (Å²) < 4.78 is 33.6. The van der Waals surface area contributed by atoms with Crippen molar-refractivity contribution in [1.29, 1.82) is 0 Å². The fourth-order valence-electron chi connectivity index (χ4n) is 0.557. The Morgan fingerprint density at radius 3 is 2.54 bits per heavy atom. The third-order valence-corrected chi connectivity index (χ3v) is 2.16. The maximum Gasteiger partial charge on any atom is 0.330 e. The van der Waals surface area contributed by atoms with Gasteiger partial charge in [-0.15, -0.1) is 11.6 Å². The molecule has 0 rings (SSSR count). The number of rotatable bonds is 5. The fourth-order valence-corrected chi connectivity index (χ4v) is 1.51. The Labute approximate surface area is 81.1 Å². The number of carbonyl (C=O) groups is 1. The first-order valence-electron chi connectivity index (χ1n) is 3.23. The van der Waals surface area contributed by atoms with Crippen molar-refractivity contribution in [2.45, 2.75) is 6.10 Å². The van der Waals surface area contributed by atoms with E-state index >= 15 is 0 Å². The van der Waals surface area contributed by atoms with Gasteiger partial charge in [0.25, 0.3) is 10.1 Å². The molecule has 0 aliphatic heterocycles. The second-order valence-electron chi connectivity index (χ2n) is 2.17. The van der Waals surface area contributed by atoms with Gasteiger partial charge in [0.05, 0.1) is 5.88 Å². The van der Waals surface area contributed by atoms with Gasteiger partial charge in [-0.1, -0.05) is 6.58 Å². The van der Waals surface area contributed by atoms with Crippen LogP contribution in [0.4, 0.5) is 0 Å². The van der Waals surface area contributed by atoms with Gasteiger partial charge in [0.15, 0.2) is 0 Å². The number of esters is 1. The van der Waals surface area contributed by atoms with Crippen LogP contribution in [0, 0.1) is 0 Å². The molecule has 1 atom stereocenters. The molecule has 1 N–H and O–H groups in total. The average Bonchev–Trinajstić information content (AvgIpc) is 2.00. The van der Waals surface area contributed by atoms with Crippen LogP contribution in [0.5, 0.6) is 0 Å². The van der Waals surface area contributed by atoms with Gasteiger partial charge in [0.2, 0.25) is 0 Å². The molecule has 0 aromatic carbocycles. The first kappa shape index (κ1) is 12.4. The van der Waals surface area contributed by atoms with Gasteiger partial charge in [-0.3, -0.25) is 4.55 Å². The van der Waals surface area contributed by atoms with E-state index in [0.717, 1.165) is 6.08 Å². The smallest absolute Gasteiger partial charge is 0.330 e. The van der Waals surface area contributed by atoms with E-state index in [-0.39, 0.29) is 5.88 Å². The van der Waals surface area contributed by atoms with Crippen LogP contribution in [-0.2, 0) is 19.6 Å². The van der Waals surface area contributed by atoms with Crippen molar-refractivity contribution in [2.24, 2.45) is 0 Å². The maximum absolute atomic E-state index is 10.6. The van der Waals surface area contributed by atoms with E-state index < -0.39 is 27.9 Å². The summed E-state index contributed by atoms with van der Waals surface area (Å²) in [6.45, 7) is 3.11. The lowest BCUT2D eigenvalue weighted by Crippen LogP contribution is -2.27. The number of ether oxygens (including phenoxy) is 1. The SMILES string of the molecule is C=CC(=O)OC(CCl)CS(=O)(=O)O. The third-order valence-electron chi connectivity index (χ3n) is 1.02. The molecular weight excluding hydrogens is 220 g/mol. The van der Waals surface area contributed by atoms with Crippen LogP contribution in [0.3, 0.4) is 0 Å². The third kappa shape index (κ3) is 6.56. The maximum atomic E-state index is 10.6. The van der Waals surface area contributed by atoms with Crippen molar-refractivity contribution in [3.8, 4) is 0 Å². The largest absolute Gasteiger partial charge is 0.457 e. The fraction of sp³-hybridized carbons (Fsp3) is 0.500. The van der Waals surface area contributed by atoms with Crippen LogP contribution >= 0.6 is 11.6 Å². The van der Waals surface area contributed by atoms with Crippen molar-refractivity contribution < 1.29 is 22.5 Å². The molecule has 0 bridgehead atoms.